The monoisotopic (exact) mass is 393 g/mol. The summed E-state index contributed by atoms with van der Waals surface area (Å²) >= 11 is 0. The van der Waals surface area contributed by atoms with E-state index in [9.17, 15) is 21.4 Å². The van der Waals surface area contributed by atoms with E-state index in [-0.39, 0.29) is 56.3 Å². The average molecular weight is 393 g/mol. The molecule has 1 unspecified atom stereocenters. The molecule has 0 aliphatic rings. The minimum absolute atomic E-state index is 0. The fourth-order valence-corrected chi connectivity index (χ4v) is 3.28. The van der Waals surface area contributed by atoms with E-state index in [1.165, 1.54) is 18.2 Å². The van der Waals surface area contributed by atoms with Gasteiger partial charge >= 0.3 is 58.4 Å². The van der Waals surface area contributed by atoms with Crippen LogP contribution in [0.2, 0.25) is 6.32 Å². The van der Waals surface area contributed by atoms with Gasteiger partial charge in [-0.15, -0.1) is 6.08 Å². The third-order valence-corrected chi connectivity index (χ3v) is 4.68. The molecule has 9 heteroatoms. The number of rotatable bonds is 7. The number of nitrogens with one attached hydrogen (secondary N) is 1. The summed E-state index contributed by atoms with van der Waals surface area (Å²) in [5.74, 6) is 0. The Morgan fingerprint density at radius 3 is 2.00 bits per heavy atom. The Balaban J connectivity index is 0.00000312. The van der Waals surface area contributed by atoms with Gasteiger partial charge in [0.2, 0.25) is 10.0 Å². The molecule has 2 rings (SSSR count). The molecule has 0 aliphatic carbocycles. The van der Waals surface area contributed by atoms with Gasteiger partial charge in [-0.25, -0.2) is 8.42 Å². The summed E-state index contributed by atoms with van der Waals surface area (Å²) in [4.78, 5) is 0.0550. The Morgan fingerprint density at radius 2 is 1.48 bits per heavy atom. The number of sulfonamides is 1. The first kappa shape index (κ1) is 22.6. The van der Waals surface area contributed by atoms with Crippen LogP contribution in [-0.4, -0.2) is 15.4 Å². The van der Waals surface area contributed by atoms with Crippen LogP contribution in [0.5, 0.6) is 0 Å². The molecule has 1 atom stereocenters. The van der Waals surface area contributed by atoms with Crippen molar-refractivity contribution in [2.45, 2.75) is 17.3 Å². The average Bonchev–Trinajstić information content (AvgIpc) is 2.54. The molecule has 0 aromatic heterocycles. The second kappa shape index (κ2) is 10.1. The topological polar surface area (TPSA) is 46.2 Å². The summed E-state index contributed by atoms with van der Waals surface area (Å²) in [5, 5.41) is 0. The van der Waals surface area contributed by atoms with Crippen molar-refractivity contribution in [1.29, 1.82) is 0 Å². The maximum absolute atomic E-state index is 12.4. The largest absolute Gasteiger partial charge is 1.00 e. The molecule has 0 saturated carbocycles. The number of halogens is 3. The first-order valence-electron chi connectivity index (χ1n) is 7.28. The number of benzene rings is 2. The van der Waals surface area contributed by atoms with Crippen LogP contribution in [0.1, 0.15) is 11.6 Å². The molecule has 0 aliphatic heterocycles. The van der Waals surface area contributed by atoms with Crippen molar-refractivity contribution in [1.82, 2.24) is 4.72 Å². The van der Waals surface area contributed by atoms with Crippen LogP contribution >= 0.6 is 0 Å². The van der Waals surface area contributed by atoms with E-state index in [0.717, 1.165) is 6.08 Å². The van der Waals surface area contributed by atoms with Crippen molar-refractivity contribution >= 4 is 17.0 Å². The maximum atomic E-state index is 12.4. The molecular weight excluding hydrogens is 377 g/mol. The zero-order valence-corrected chi connectivity index (χ0v) is 17.6. The molecule has 0 amide bonds. The Morgan fingerprint density at radius 1 is 0.960 bits per heavy atom. The van der Waals surface area contributed by atoms with E-state index in [1.54, 1.807) is 48.5 Å². The molecule has 0 bridgehead atoms. The van der Waals surface area contributed by atoms with Crippen LogP contribution in [-0.2, 0) is 10.0 Å². The van der Waals surface area contributed by atoms with E-state index in [2.05, 4.69) is 4.72 Å². The van der Waals surface area contributed by atoms with Crippen LogP contribution in [0.25, 0.3) is 0 Å². The van der Waals surface area contributed by atoms with E-state index < -0.39 is 29.4 Å². The van der Waals surface area contributed by atoms with Gasteiger partial charge < -0.3 is 12.9 Å². The molecule has 1 N–H and O–H groups in total. The third kappa shape index (κ3) is 7.78. The summed E-state index contributed by atoms with van der Waals surface area (Å²) < 4.78 is 64.4. The fourth-order valence-electron chi connectivity index (χ4n) is 2.08. The van der Waals surface area contributed by atoms with Crippen LogP contribution in [0.3, 0.4) is 0 Å². The normalized spacial score (nSPS) is 13.4. The smallest absolute Gasteiger partial charge is 0.449 e. The molecule has 3 nitrogen and oxygen atoms in total. The summed E-state index contributed by atoms with van der Waals surface area (Å²) in [6.45, 7) is -4.96. The first-order valence-corrected chi connectivity index (χ1v) is 8.76. The Labute approximate surface area is 188 Å². The summed E-state index contributed by atoms with van der Waals surface area (Å²) in [7, 11) is -3.85. The molecule has 2 aromatic carbocycles. The van der Waals surface area contributed by atoms with E-state index in [1.807, 2.05) is 0 Å². The van der Waals surface area contributed by atoms with Crippen LogP contribution in [0, 0.1) is 0 Å². The zero-order valence-electron chi connectivity index (χ0n) is 13.6. The Kier molecular flexibility index (Phi) is 9.10. The van der Waals surface area contributed by atoms with Crippen LogP contribution in [0.4, 0.5) is 12.9 Å². The van der Waals surface area contributed by atoms with Gasteiger partial charge in [0.05, 0.1) is 10.9 Å². The molecule has 0 saturated heterocycles. The molecule has 0 heterocycles. The molecule has 25 heavy (non-hydrogen) atoms. The van der Waals surface area contributed by atoms with E-state index in [4.69, 9.17) is 0 Å². The number of allylic oxidation sites excluding steroid dienone is 1. The third-order valence-electron chi connectivity index (χ3n) is 3.23. The van der Waals surface area contributed by atoms with Gasteiger partial charge in [0.25, 0.3) is 0 Å². The Bertz CT molecular complexity index is 784. The van der Waals surface area contributed by atoms with E-state index >= 15 is 0 Å². The van der Waals surface area contributed by atoms with Crippen molar-refractivity contribution < 1.29 is 72.7 Å². The van der Waals surface area contributed by atoms with Gasteiger partial charge in [-0.1, -0.05) is 60.9 Å². The quantitative estimate of drug-likeness (QED) is 0.566. The summed E-state index contributed by atoms with van der Waals surface area (Å²) in [6, 6.07) is 15.2. The van der Waals surface area contributed by atoms with Crippen molar-refractivity contribution in [3.8, 4) is 0 Å². The number of hydrogen-bond acceptors (Lipinski definition) is 2. The van der Waals surface area contributed by atoms with Gasteiger partial charge in [-0.3, -0.25) is 0 Å². The molecule has 2 aromatic rings. The zero-order chi connectivity index (χ0) is 17.6. The second-order valence-electron chi connectivity index (χ2n) is 5.20. The van der Waals surface area contributed by atoms with Crippen molar-refractivity contribution in [2.24, 2.45) is 0 Å². The first-order chi connectivity index (χ1) is 11.3. The standard InChI is InChI=1S/C16H16BF3NO2S.K/c18-17(19,20)13-7-12-16(14-8-3-1-4-9-14)21-24(22,23)15-10-5-2-6-11-15;/h1-12,16,21H,13H2;/q-1;+1/b12-7+;. The SMILES string of the molecule is O=S(=O)(NC(/C=C/C[B-](F)(F)F)c1ccccc1)c1ccccc1.[K+]. The van der Waals surface area contributed by atoms with Crippen molar-refractivity contribution in [3.05, 3.63) is 78.4 Å². The Hall–Kier alpha value is -0.419. The minimum Gasteiger partial charge on any atom is -0.449 e. The molecule has 0 fully saturated rings. The van der Waals surface area contributed by atoms with Gasteiger partial charge in [0, 0.05) is 0 Å². The van der Waals surface area contributed by atoms with Crippen LogP contribution < -0.4 is 56.1 Å². The predicted octanol–water partition coefficient (Wildman–Crippen LogP) is 1.11. The van der Waals surface area contributed by atoms with Crippen molar-refractivity contribution in [2.75, 3.05) is 0 Å². The number of hydrogen-bond donors (Lipinski definition) is 1. The fraction of sp³-hybridized carbons (Fsp3) is 0.125. The second-order valence-corrected chi connectivity index (χ2v) is 6.91. The van der Waals surface area contributed by atoms with Gasteiger partial charge in [-0.2, -0.15) is 4.72 Å². The summed E-state index contributed by atoms with van der Waals surface area (Å²) in [5.41, 5.74) is 0.558. The van der Waals surface area contributed by atoms with Gasteiger partial charge in [-0.05, 0) is 17.7 Å². The van der Waals surface area contributed by atoms with Gasteiger partial charge in [0.1, 0.15) is 0 Å². The molecule has 128 valence electrons. The van der Waals surface area contributed by atoms with Gasteiger partial charge in [0.15, 0.2) is 0 Å². The molecule has 0 spiro atoms. The summed E-state index contributed by atoms with van der Waals surface area (Å²) in [6.07, 6.45) is 1.12. The van der Waals surface area contributed by atoms with E-state index in [0.29, 0.717) is 5.56 Å². The molecule has 0 radical (unpaired) electrons. The molecular formula is C16H16BF3KNO2S. The van der Waals surface area contributed by atoms with Crippen molar-refractivity contribution in [3.63, 3.8) is 0 Å². The maximum Gasteiger partial charge on any atom is 1.00 e. The van der Waals surface area contributed by atoms with Crippen LogP contribution in [0.15, 0.2) is 77.7 Å². The minimum atomic E-state index is -4.96. The predicted molar refractivity (Wildman–Crippen MR) is 89.0 cm³/mol.